The lowest BCUT2D eigenvalue weighted by Gasteiger charge is -2.14. The fourth-order valence-electron chi connectivity index (χ4n) is 1.68. The molecule has 4 heteroatoms. The van der Waals surface area contributed by atoms with E-state index in [2.05, 4.69) is 5.32 Å². The average molecular weight is 252 g/mol. The van der Waals surface area contributed by atoms with Gasteiger partial charge in [0, 0.05) is 6.54 Å². The second-order valence-corrected chi connectivity index (χ2v) is 5.04. The van der Waals surface area contributed by atoms with Crippen LogP contribution in [0.2, 0.25) is 0 Å². The van der Waals surface area contributed by atoms with Crippen molar-refractivity contribution >= 4 is 5.91 Å². The molecule has 0 aliphatic heterocycles. The van der Waals surface area contributed by atoms with Crippen molar-refractivity contribution in [3.8, 4) is 0 Å². The summed E-state index contributed by atoms with van der Waals surface area (Å²) in [5.41, 5.74) is 7.09. The van der Waals surface area contributed by atoms with Crippen LogP contribution in [0.5, 0.6) is 0 Å². The third-order valence-electron chi connectivity index (χ3n) is 2.77. The molecule has 0 spiro atoms. The van der Waals surface area contributed by atoms with Crippen LogP contribution in [0, 0.1) is 18.7 Å². The zero-order valence-corrected chi connectivity index (χ0v) is 11.2. The van der Waals surface area contributed by atoms with E-state index in [9.17, 15) is 9.18 Å². The highest BCUT2D eigenvalue weighted by Gasteiger charge is 2.14. The zero-order valence-electron chi connectivity index (χ0n) is 11.2. The summed E-state index contributed by atoms with van der Waals surface area (Å²) < 4.78 is 13.3. The smallest absolute Gasteiger partial charge is 0.237 e. The predicted octanol–water partition coefficient (Wildman–Crippen LogP) is 2.12. The first kappa shape index (κ1) is 14.6. The summed E-state index contributed by atoms with van der Waals surface area (Å²) in [6, 6.07) is 4.43. The number of hydrogen-bond acceptors (Lipinski definition) is 2. The molecule has 1 rings (SSSR count). The number of nitrogens with one attached hydrogen (secondary N) is 1. The Morgan fingerprint density at radius 2 is 2.11 bits per heavy atom. The van der Waals surface area contributed by atoms with Crippen molar-refractivity contribution in [3.05, 3.63) is 35.1 Å². The molecule has 0 saturated heterocycles. The molecule has 0 aliphatic carbocycles. The van der Waals surface area contributed by atoms with Crippen LogP contribution in [0.3, 0.4) is 0 Å². The SMILES string of the molecule is Cc1ccc(CNC(=O)C(N)CC(C)C)cc1F. The Morgan fingerprint density at radius 3 is 2.67 bits per heavy atom. The maximum Gasteiger partial charge on any atom is 0.237 e. The van der Waals surface area contributed by atoms with Crippen LogP contribution in [0.1, 0.15) is 31.4 Å². The van der Waals surface area contributed by atoms with Gasteiger partial charge in [-0.25, -0.2) is 4.39 Å². The number of nitrogens with two attached hydrogens (primary N) is 1. The number of rotatable bonds is 5. The quantitative estimate of drug-likeness (QED) is 0.843. The molecule has 1 aromatic carbocycles. The molecule has 18 heavy (non-hydrogen) atoms. The van der Waals surface area contributed by atoms with E-state index in [4.69, 9.17) is 5.73 Å². The minimum atomic E-state index is -0.500. The normalized spacial score (nSPS) is 12.6. The number of halogens is 1. The van der Waals surface area contributed by atoms with Gasteiger partial charge in [0.2, 0.25) is 5.91 Å². The first-order valence-electron chi connectivity index (χ1n) is 6.18. The Kier molecular flexibility index (Phi) is 5.28. The molecule has 1 amide bonds. The Balaban J connectivity index is 2.49. The number of benzene rings is 1. The standard InChI is InChI=1S/C14H21FN2O/c1-9(2)6-13(16)14(18)17-8-11-5-4-10(3)12(15)7-11/h4-5,7,9,13H,6,8,16H2,1-3H3,(H,17,18). The molecule has 3 N–H and O–H groups in total. The van der Waals surface area contributed by atoms with Crippen LogP contribution in [0.25, 0.3) is 0 Å². The van der Waals surface area contributed by atoms with E-state index in [1.54, 1.807) is 19.1 Å². The number of amides is 1. The lowest BCUT2D eigenvalue weighted by molar-refractivity contribution is -0.122. The summed E-state index contributed by atoms with van der Waals surface area (Å²) in [4.78, 5) is 11.7. The lowest BCUT2D eigenvalue weighted by atomic mass is 10.0. The topological polar surface area (TPSA) is 55.1 Å². The molecule has 1 unspecified atom stereocenters. The van der Waals surface area contributed by atoms with Crippen molar-refractivity contribution in [2.24, 2.45) is 11.7 Å². The molecule has 1 atom stereocenters. The van der Waals surface area contributed by atoms with Crippen molar-refractivity contribution in [3.63, 3.8) is 0 Å². The fourth-order valence-corrected chi connectivity index (χ4v) is 1.68. The second kappa shape index (κ2) is 6.50. The van der Waals surface area contributed by atoms with Gasteiger partial charge in [0.05, 0.1) is 6.04 Å². The predicted molar refractivity (Wildman–Crippen MR) is 70.4 cm³/mol. The number of hydrogen-bond donors (Lipinski definition) is 2. The maximum absolute atomic E-state index is 13.3. The average Bonchev–Trinajstić information content (AvgIpc) is 2.29. The van der Waals surface area contributed by atoms with E-state index in [-0.39, 0.29) is 11.7 Å². The summed E-state index contributed by atoms with van der Waals surface area (Å²) in [6.07, 6.45) is 0.647. The van der Waals surface area contributed by atoms with Crippen molar-refractivity contribution < 1.29 is 9.18 Å². The highest BCUT2D eigenvalue weighted by atomic mass is 19.1. The summed E-state index contributed by atoms with van der Waals surface area (Å²) >= 11 is 0. The van der Waals surface area contributed by atoms with Crippen molar-refractivity contribution in [1.82, 2.24) is 5.32 Å². The van der Waals surface area contributed by atoms with Crippen LogP contribution in [-0.2, 0) is 11.3 Å². The van der Waals surface area contributed by atoms with Gasteiger partial charge in [0.15, 0.2) is 0 Å². The van der Waals surface area contributed by atoms with Crippen molar-refractivity contribution in [2.75, 3.05) is 0 Å². The van der Waals surface area contributed by atoms with E-state index in [0.29, 0.717) is 24.4 Å². The van der Waals surface area contributed by atoms with Gasteiger partial charge >= 0.3 is 0 Å². The molecule has 0 saturated carbocycles. The van der Waals surface area contributed by atoms with E-state index >= 15 is 0 Å². The number of aryl methyl sites for hydroxylation is 1. The zero-order chi connectivity index (χ0) is 13.7. The molecule has 0 radical (unpaired) electrons. The monoisotopic (exact) mass is 252 g/mol. The molecule has 0 bridgehead atoms. The van der Waals surface area contributed by atoms with Gasteiger partial charge in [-0.3, -0.25) is 4.79 Å². The Hall–Kier alpha value is -1.42. The van der Waals surface area contributed by atoms with Crippen LogP contribution < -0.4 is 11.1 Å². The van der Waals surface area contributed by atoms with Gasteiger partial charge in [0.1, 0.15) is 5.82 Å². The first-order chi connectivity index (χ1) is 8.40. The Bertz CT molecular complexity index is 418. The van der Waals surface area contributed by atoms with Crippen molar-refractivity contribution in [2.45, 2.75) is 39.8 Å². The van der Waals surface area contributed by atoms with Crippen molar-refractivity contribution in [1.29, 1.82) is 0 Å². The van der Waals surface area contributed by atoms with Crippen LogP contribution in [0.4, 0.5) is 4.39 Å². The van der Waals surface area contributed by atoms with E-state index in [1.165, 1.54) is 6.07 Å². The van der Waals surface area contributed by atoms with Gasteiger partial charge in [-0.2, -0.15) is 0 Å². The Labute approximate surface area is 108 Å². The van der Waals surface area contributed by atoms with Gasteiger partial charge in [-0.1, -0.05) is 26.0 Å². The minimum absolute atomic E-state index is 0.190. The van der Waals surface area contributed by atoms with Crippen LogP contribution in [0.15, 0.2) is 18.2 Å². The largest absolute Gasteiger partial charge is 0.351 e. The first-order valence-corrected chi connectivity index (χ1v) is 6.18. The molecule has 0 fully saturated rings. The highest BCUT2D eigenvalue weighted by Crippen LogP contribution is 2.09. The molecular formula is C14H21FN2O. The summed E-state index contributed by atoms with van der Waals surface area (Å²) in [5, 5.41) is 2.72. The molecule has 3 nitrogen and oxygen atoms in total. The highest BCUT2D eigenvalue weighted by molar-refractivity contribution is 5.81. The fraction of sp³-hybridized carbons (Fsp3) is 0.500. The van der Waals surface area contributed by atoms with Crippen LogP contribution >= 0.6 is 0 Å². The van der Waals surface area contributed by atoms with E-state index in [0.717, 1.165) is 5.56 Å². The summed E-state index contributed by atoms with van der Waals surface area (Å²) in [7, 11) is 0. The second-order valence-electron chi connectivity index (χ2n) is 5.04. The Morgan fingerprint density at radius 1 is 1.44 bits per heavy atom. The molecule has 0 heterocycles. The van der Waals surface area contributed by atoms with E-state index < -0.39 is 6.04 Å². The van der Waals surface area contributed by atoms with Gasteiger partial charge in [-0.15, -0.1) is 0 Å². The number of carbonyl (C=O) groups excluding carboxylic acids is 1. The molecule has 0 aliphatic rings. The van der Waals surface area contributed by atoms with Gasteiger partial charge < -0.3 is 11.1 Å². The molecule has 100 valence electrons. The lowest BCUT2D eigenvalue weighted by Crippen LogP contribution is -2.41. The molecule has 0 aromatic heterocycles. The minimum Gasteiger partial charge on any atom is -0.351 e. The van der Waals surface area contributed by atoms with E-state index in [1.807, 2.05) is 13.8 Å². The maximum atomic E-state index is 13.3. The third-order valence-corrected chi connectivity index (χ3v) is 2.77. The molecular weight excluding hydrogens is 231 g/mol. The summed E-state index contributed by atoms with van der Waals surface area (Å²) in [5.74, 6) is -0.0690. The molecule has 1 aromatic rings. The number of carbonyl (C=O) groups is 1. The third kappa shape index (κ3) is 4.45. The summed E-state index contributed by atoms with van der Waals surface area (Å²) in [6.45, 7) is 6.04. The van der Waals surface area contributed by atoms with Crippen LogP contribution in [-0.4, -0.2) is 11.9 Å². The van der Waals surface area contributed by atoms with Gasteiger partial charge in [0.25, 0.3) is 0 Å². The van der Waals surface area contributed by atoms with Gasteiger partial charge in [-0.05, 0) is 36.5 Å².